The van der Waals surface area contributed by atoms with Crippen LogP contribution in [0.2, 0.25) is 0 Å². The number of fused-ring (bicyclic) bond motifs is 1. The van der Waals surface area contributed by atoms with E-state index in [0.717, 1.165) is 24.3 Å². The lowest BCUT2D eigenvalue weighted by molar-refractivity contribution is -0.116. The van der Waals surface area contributed by atoms with Crippen molar-refractivity contribution in [2.45, 2.75) is 38.5 Å². The van der Waals surface area contributed by atoms with Crippen molar-refractivity contribution in [1.82, 2.24) is 0 Å². The van der Waals surface area contributed by atoms with Crippen LogP contribution in [0.15, 0.2) is 12.1 Å². The summed E-state index contributed by atoms with van der Waals surface area (Å²) in [5.41, 5.74) is 8.66. The van der Waals surface area contributed by atoms with Crippen LogP contribution < -0.4 is 15.8 Å². The highest BCUT2D eigenvalue weighted by atomic mass is 16.5. The van der Waals surface area contributed by atoms with Crippen LogP contribution in [-0.2, 0) is 11.2 Å². The van der Waals surface area contributed by atoms with Crippen molar-refractivity contribution in [2.75, 3.05) is 17.7 Å². The second-order valence-corrected chi connectivity index (χ2v) is 5.56. The molecule has 0 unspecified atom stereocenters. The maximum absolute atomic E-state index is 11.4. The predicted octanol–water partition coefficient (Wildman–Crippen LogP) is 2.72. The molecule has 0 saturated heterocycles. The number of hydrogen-bond acceptors (Lipinski definition) is 3. The molecule has 1 aliphatic heterocycles. The van der Waals surface area contributed by atoms with Crippen molar-refractivity contribution in [1.29, 1.82) is 0 Å². The van der Waals surface area contributed by atoms with E-state index in [9.17, 15) is 4.79 Å². The quantitative estimate of drug-likeness (QED) is 0.821. The molecule has 0 bridgehead atoms. The zero-order valence-electron chi connectivity index (χ0n) is 11.1. The molecule has 4 heteroatoms. The minimum absolute atomic E-state index is 0.0685. The van der Waals surface area contributed by atoms with Gasteiger partial charge in [-0.25, -0.2) is 0 Å². The summed E-state index contributed by atoms with van der Waals surface area (Å²) in [4.78, 5) is 11.4. The average Bonchev–Trinajstić information content (AvgIpc) is 2.90. The highest BCUT2D eigenvalue weighted by molar-refractivity contribution is 5.94. The second kappa shape index (κ2) is 5.11. The first-order valence-corrected chi connectivity index (χ1v) is 7.07. The van der Waals surface area contributed by atoms with Gasteiger partial charge in [-0.1, -0.05) is 12.8 Å². The Balaban J connectivity index is 1.73. The topological polar surface area (TPSA) is 64.3 Å². The zero-order valence-corrected chi connectivity index (χ0v) is 11.1. The molecule has 1 saturated carbocycles. The molecule has 1 aromatic rings. The van der Waals surface area contributed by atoms with Crippen LogP contribution in [0, 0.1) is 5.92 Å². The SMILES string of the molecule is Nc1cc2c(cc1OCC1CCCC1)NC(=O)CC2. The summed E-state index contributed by atoms with van der Waals surface area (Å²) in [5.74, 6) is 1.43. The van der Waals surface area contributed by atoms with E-state index in [1.54, 1.807) is 0 Å². The second-order valence-electron chi connectivity index (χ2n) is 5.56. The lowest BCUT2D eigenvalue weighted by Crippen LogP contribution is -2.19. The fraction of sp³-hybridized carbons (Fsp3) is 0.533. The first-order chi connectivity index (χ1) is 9.22. The Morgan fingerprint density at radius 3 is 2.84 bits per heavy atom. The van der Waals surface area contributed by atoms with E-state index < -0.39 is 0 Å². The van der Waals surface area contributed by atoms with E-state index in [4.69, 9.17) is 10.5 Å². The van der Waals surface area contributed by atoms with Crippen molar-refractivity contribution in [3.05, 3.63) is 17.7 Å². The molecule has 1 aromatic carbocycles. The molecule has 1 fully saturated rings. The number of anilines is 2. The molecule has 1 amide bonds. The number of carbonyl (C=O) groups is 1. The number of hydrogen-bond donors (Lipinski definition) is 2. The smallest absolute Gasteiger partial charge is 0.224 e. The summed E-state index contributed by atoms with van der Waals surface area (Å²) in [6, 6.07) is 3.80. The summed E-state index contributed by atoms with van der Waals surface area (Å²) in [6.07, 6.45) is 6.42. The van der Waals surface area contributed by atoms with Crippen LogP contribution in [0.1, 0.15) is 37.7 Å². The predicted molar refractivity (Wildman–Crippen MR) is 75.3 cm³/mol. The van der Waals surface area contributed by atoms with Crippen LogP contribution in [-0.4, -0.2) is 12.5 Å². The van der Waals surface area contributed by atoms with Gasteiger partial charge < -0.3 is 15.8 Å². The Hall–Kier alpha value is -1.71. The summed E-state index contributed by atoms with van der Waals surface area (Å²) < 4.78 is 5.85. The third kappa shape index (κ3) is 2.67. The van der Waals surface area contributed by atoms with E-state index in [-0.39, 0.29) is 5.91 Å². The summed E-state index contributed by atoms with van der Waals surface area (Å²) in [6.45, 7) is 0.733. The van der Waals surface area contributed by atoms with Crippen molar-refractivity contribution >= 4 is 17.3 Å². The van der Waals surface area contributed by atoms with Gasteiger partial charge in [0, 0.05) is 18.2 Å². The molecule has 1 heterocycles. The molecule has 1 aliphatic carbocycles. The lowest BCUT2D eigenvalue weighted by atomic mass is 10.0. The number of rotatable bonds is 3. The Morgan fingerprint density at radius 2 is 2.05 bits per heavy atom. The molecular formula is C15H20N2O2. The Kier molecular flexibility index (Phi) is 3.32. The number of nitrogens with one attached hydrogen (secondary N) is 1. The normalized spacial score (nSPS) is 19.1. The number of ether oxygens (including phenoxy) is 1. The Bertz CT molecular complexity index is 493. The molecule has 0 radical (unpaired) electrons. The standard InChI is InChI=1S/C15H20N2O2/c16-12-7-11-5-6-15(18)17-13(11)8-14(12)19-9-10-3-1-2-4-10/h7-8,10H,1-6,9,16H2,(H,17,18). The fourth-order valence-electron chi connectivity index (χ4n) is 2.94. The molecule has 2 aliphatic rings. The van der Waals surface area contributed by atoms with Gasteiger partial charge >= 0.3 is 0 Å². The van der Waals surface area contributed by atoms with Crippen molar-refractivity contribution in [3.8, 4) is 5.75 Å². The number of amides is 1. The fourth-order valence-corrected chi connectivity index (χ4v) is 2.94. The number of aryl methyl sites for hydroxylation is 1. The number of nitrogens with two attached hydrogens (primary N) is 1. The third-order valence-electron chi connectivity index (χ3n) is 4.08. The van der Waals surface area contributed by atoms with Crippen molar-refractivity contribution in [2.24, 2.45) is 5.92 Å². The summed E-state index contributed by atoms with van der Waals surface area (Å²) >= 11 is 0. The van der Waals surface area contributed by atoms with Crippen LogP contribution in [0.25, 0.3) is 0 Å². The van der Waals surface area contributed by atoms with Gasteiger partial charge in [-0.3, -0.25) is 4.79 Å². The van der Waals surface area contributed by atoms with Gasteiger partial charge in [-0.15, -0.1) is 0 Å². The van der Waals surface area contributed by atoms with Gasteiger partial charge in [0.2, 0.25) is 5.91 Å². The van der Waals surface area contributed by atoms with E-state index in [0.29, 0.717) is 23.8 Å². The van der Waals surface area contributed by atoms with Crippen molar-refractivity contribution < 1.29 is 9.53 Å². The van der Waals surface area contributed by atoms with Gasteiger partial charge in [0.1, 0.15) is 5.75 Å². The molecule has 4 nitrogen and oxygen atoms in total. The first-order valence-electron chi connectivity index (χ1n) is 7.07. The Labute approximate surface area is 113 Å². The van der Waals surface area contributed by atoms with Gasteiger partial charge in [0.15, 0.2) is 0 Å². The van der Waals surface area contributed by atoms with Gasteiger partial charge in [0.25, 0.3) is 0 Å². The minimum atomic E-state index is 0.0685. The van der Waals surface area contributed by atoms with E-state index in [1.807, 2.05) is 12.1 Å². The van der Waals surface area contributed by atoms with Crippen molar-refractivity contribution in [3.63, 3.8) is 0 Å². The number of nitrogen functional groups attached to an aromatic ring is 1. The number of benzene rings is 1. The molecule has 3 N–H and O–H groups in total. The van der Waals surface area contributed by atoms with Crippen LogP contribution >= 0.6 is 0 Å². The molecule has 19 heavy (non-hydrogen) atoms. The van der Waals surface area contributed by atoms with E-state index >= 15 is 0 Å². The van der Waals surface area contributed by atoms with Gasteiger partial charge in [-0.2, -0.15) is 0 Å². The largest absolute Gasteiger partial charge is 0.491 e. The zero-order chi connectivity index (χ0) is 13.2. The monoisotopic (exact) mass is 260 g/mol. The minimum Gasteiger partial charge on any atom is -0.491 e. The molecule has 0 atom stereocenters. The molecule has 0 aromatic heterocycles. The van der Waals surface area contributed by atoms with E-state index in [2.05, 4.69) is 5.32 Å². The maximum atomic E-state index is 11.4. The molecular weight excluding hydrogens is 240 g/mol. The summed E-state index contributed by atoms with van der Waals surface area (Å²) in [7, 11) is 0. The first kappa shape index (κ1) is 12.3. The highest BCUT2D eigenvalue weighted by Gasteiger charge is 2.19. The average molecular weight is 260 g/mol. The third-order valence-corrected chi connectivity index (χ3v) is 4.08. The van der Waals surface area contributed by atoms with Gasteiger partial charge in [-0.05, 0) is 36.8 Å². The van der Waals surface area contributed by atoms with E-state index in [1.165, 1.54) is 25.7 Å². The Morgan fingerprint density at radius 1 is 1.26 bits per heavy atom. The van der Waals surface area contributed by atoms with Gasteiger partial charge in [0.05, 0.1) is 12.3 Å². The summed E-state index contributed by atoms with van der Waals surface area (Å²) in [5, 5.41) is 2.88. The highest BCUT2D eigenvalue weighted by Crippen LogP contribution is 2.34. The van der Waals surface area contributed by atoms with Crippen LogP contribution in [0.4, 0.5) is 11.4 Å². The van der Waals surface area contributed by atoms with Crippen LogP contribution in [0.3, 0.4) is 0 Å². The molecule has 0 spiro atoms. The maximum Gasteiger partial charge on any atom is 0.224 e. The number of carbonyl (C=O) groups excluding carboxylic acids is 1. The lowest BCUT2D eigenvalue weighted by Gasteiger charge is -2.20. The molecule has 3 rings (SSSR count). The van der Waals surface area contributed by atoms with Crippen LogP contribution in [0.5, 0.6) is 5.75 Å². The molecule has 102 valence electrons.